The summed E-state index contributed by atoms with van der Waals surface area (Å²) in [5.41, 5.74) is 1.85. The molecule has 3 heteroatoms. The molecule has 3 rings (SSSR count). The molecule has 0 amide bonds. The molecule has 2 aromatic rings. The smallest absolute Gasteiger partial charge is 0.115 e. The molecule has 1 aliphatic heterocycles. The summed E-state index contributed by atoms with van der Waals surface area (Å²) in [6, 6.07) is 19.1. The summed E-state index contributed by atoms with van der Waals surface area (Å²) >= 11 is 6.07. The van der Waals surface area contributed by atoms with Crippen LogP contribution >= 0.6 is 11.6 Å². The third-order valence-corrected chi connectivity index (χ3v) is 5.49. The Morgan fingerprint density at radius 3 is 2.32 bits per heavy atom. The maximum Gasteiger partial charge on any atom is 0.115 e. The zero-order valence-electron chi connectivity index (χ0n) is 14.5. The highest BCUT2D eigenvalue weighted by atomic mass is 35.5. The van der Waals surface area contributed by atoms with Gasteiger partial charge in [-0.15, -0.1) is 0 Å². The molecule has 0 aromatic heterocycles. The molecule has 1 aliphatic rings. The number of hydrogen-bond donors (Lipinski definition) is 0. The zero-order valence-corrected chi connectivity index (χ0v) is 15.3. The number of ether oxygens (including phenoxy) is 1. The van der Waals surface area contributed by atoms with Crippen molar-refractivity contribution < 1.29 is 4.74 Å². The lowest BCUT2D eigenvalue weighted by Crippen LogP contribution is -2.31. The van der Waals surface area contributed by atoms with E-state index in [0.29, 0.717) is 6.04 Å². The Kier molecular flexibility index (Phi) is 7.06. The van der Waals surface area contributed by atoms with E-state index in [1.807, 2.05) is 18.2 Å². The Morgan fingerprint density at radius 2 is 1.72 bits per heavy atom. The average Bonchev–Trinajstić information content (AvgIpc) is 3.01. The van der Waals surface area contributed by atoms with Gasteiger partial charge in [0.2, 0.25) is 0 Å². The predicted octanol–water partition coefficient (Wildman–Crippen LogP) is 5.74. The van der Waals surface area contributed by atoms with Crippen LogP contribution in [-0.2, 0) is 10.3 Å². The Labute approximate surface area is 157 Å². The molecule has 25 heavy (non-hydrogen) atoms. The normalized spacial score (nSPS) is 20.0. The van der Waals surface area contributed by atoms with E-state index < -0.39 is 5.60 Å². The predicted molar refractivity (Wildman–Crippen MR) is 107 cm³/mol. The molecule has 2 atom stereocenters. The Morgan fingerprint density at radius 1 is 1.08 bits per heavy atom. The van der Waals surface area contributed by atoms with Crippen LogP contribution in [0.4, 0.5) is 0 Å². The second kappa shape index (κ2) is 8.84. The van der Waals surface area contributed by atoms with Crippen molar-refractivity contribution in [3.8, 4) is 0 Å². The molecule has 1 fully saturated rings. The quantitative estimate of drug-likeness (QED) is 0.652. The van der Waals surface area contributed by atoms with Gasteiger partial charge in [0.05, 0.1) is 0 Å². The van der Waals surface area contributed by atoms with E-state index in [9.17, 15) is 0 Å². The Bertz CT molecular complexity index is 643. The molecule has 0 bridgehead atoms. The molecule has 1 heterocycles. The summed E-state index contributed by atoms with van der Waals surface area (Å²) in [6.45, 7) is 4.12. The van der Waals surface area contributed by atoms with Gasteiger partial charge in [-0.25, -0.2) is 0 Å². The Balaban J connectivity index is 0.00000225. The van der Waals surface area contributed by atoms with Gasteiger partial charge in [0.15, 0.2) is 0 Å². The molecule has 2 aromatic carbocycles. The minimum atomic E-state index is -0.455. The first-order valence-corrected chi connectivity index (χ1v) is 9.13. The average molecular weight is 360 g/mol. The second-order valence-electron chi connectivity index (χ2n) is 6.82. The number of benzene rings is 2. The van der Waals surface area contributed by atoms with E-state index in [4.69, 9.17) is 16.3 Å². The van der Waals surface area contributed by atoms with Crippen molar-refractivity contribution in [1.29, 1.82) is 0 Å². The van der Waals surface area contributed by atoms with Crippen LogP contribution in [0.15, 0.2) is 54.6 Å². The largest absolute Gasteiger partial charge is 0.366 e. The lowest BCUT2D eigenvalue weighted by Gasteiger charge is -2.32. The SMILES string of the molecule is C.CN1CCC[C@@H]1CCO[C@](C)(c1ccccc1)c1ccc(Cl)cc1. The molecule has 0 radical (unpaired) electrons. The minimum Gasteiger partial charge on any atom is -0.366 e. The van der Waals surface area contributed by atoms with Crippen LogP contribution in [0.1, 0.15) is 44.7 Å². The number of halogens is 1. The maximum atomic E-state index is 6.48. The van der Waals surface area contributed by atoms with Crippen LogP contribution in [0.2, 0.25) is 5.02 Å². The summed E-state index contributed by atoms with van der Waals surface area (Å²) < 4.78 is 6.48. The zero-order chi connectivity index (χ0) is 17.0. The van der Waals surface area contributed by atoms with Gasteiger partial charge in [-0.3, -0.25) is 0 Å². The number of likely N-dealkylation sites (tertiary alicyclic amines) is 1. The van der Waals surface area contributed by atoms with E-state index >= 15 is 0 Å². The van der Waals surface area contributed by atoms with Crippen LogP contribution in [0.25, 0.3) is 0 Å². The maximum absolute atomic E-state index is 6.48. The number of hydrogen-bond acceptors (Lipinski definition) is 2. The van der Waals surface area contributed by atoms with Crippen LogP contribution in [0, 0.1) is 0 Å². The van der Waals surface area contributed by atoms with Crippen LogP contribution in [0.3, 0.4) is 0 Å². The summed E-state index contributed by atoms with van der Waals surface area (Å²) in [4.78, 5) is 2.45. The highest BCUT2D eigenvalue weighted by molar-refractivity contribution is 6.30. The van der Waals surface area contributed by atoms with Gasteiger partial charge >= 0.3 is 0 Å². The fourth-order valence-electron chi connectivity index (χ4n) is 3.60. The molecule has 1 saturated heterocycles. The fraction of sp³-hybridized carbons (Fsp3) is 0.455. The van der Waals surface area contributed by atoms with Crippen molar-refractivity contribution >= 4 is 11.6 Å². The molecule has 0 aliphatic carbocycles. The molecule has 0 spiro atoms. The van der Waals surface area contributed by atoms with Crippen molar-refractivity contribution in [2.75, 3.05) is 20.2 Å². The molecule has 0 saturated carbocycles. The van der Waals surface area contributed by atoms with Crippen molar-refractivity contribution in [3.05, 3.63) is 70.7 Å². The lowest BCUT2D eigenvalue weighted by molar-refractivity contribution is -0.0117. The van der Waals surface area contributed by atoms with E-state index in [-0.39, 0.29) is 7.43 Å². The van der Waals surface area contributed by atoms with Crippen LogP contribution in [-0.4, -0.2) is 31.1 Å². The minimum absolute atomic E-state index is 0. The molecule has 0 unspecified atom stereocenters. The van der Waals surface area contributed by atoms with Gasteiger partial charge in [-0.2, -0.15) is 0 Å². The molecule has 2 nitrogen and oxygen atoms in total. The van der Waals surface area contributed by atoms with Gasteiger partial charge in [0, 0.05) is 17.7 Å². The fourth-order valence-corrected chi connectivity index (χ4v) is 3.73. The highest BCUT2D eigenvalue weighted by Gasteiger charge is 2.30. The van der Waals surface area contributed by atoms with Crippen molar-refractivity contribution in [1.82, 2.24) is 4.90 Å². The van der Waals surface area contributed by atoms with Crippen molar-refractivity contribution in [3.63, 3.8) is 0 Å². The van der Waals surface area contributed by atoms with Gasteiger partial charge in [-0.1, -0.05) is 61.5 Å². The van der Waals surface area contributed by atoms with E-state index in [2.05, 4.69) is 55.3 Å². The van der Waals surface area contributed by atoms with Gasteiger partial charge in [0.25, 0.3) is 0 Å². The lowest BCUT2D eigenvalue weighted by atomic mass is 9.88. The van der Waals surface area contributed by atoms with Crippen LogP contribution in [0.5, 0.6) is 0 Å². The van der Waals surface area contributed by atoms with E-state index in [1.165, 1.54) is 24.9 Å². The first-order chi connectivity index (χ1) is 11.6. The second-order valence-corrected chi connectivity index (χ2v) is 7.26. The van der Waals surface area contributed by atoms with E-state index in [1.54, 1.807) is 0 Å². The molecule has 0 N–H and O–H groups in total. The molecule has 136 valence electrons. The molecular weight excluding hydrogens is 330 g/mol. The van der Waals surface area contributed by atoms with Gasteiger partial charge in [-0.05, 0) is 63.0 Å². The molecular formula is C22H30ClNO. The standard InChI is InChI=1S/C21H26ClNO.CH4/c1-21(17-7-4-3-5-8-17,18-10-12-19(22)13-11-18)24-16-14-20-9-6-15-23(20)2;/h3-5,7-8,10-13,20H,6,9,14-16H2,1-2H3;1H4/t20-,21-;/m1./s1. The first kappa shape index (κ1) is 20.0. The first-order valence-electron chi connectivity index (χ1n) is 8.75. The summed E-state index contributed by atoms with van der Waals surface area (Å²) in [7, 11) is 2.22. The van der Waals surface area contributed by atoms with Gasteiger partial charge < -0.3 is 9.64 Å². The summed E-state index contributed by atoms with van der Waals surface area (Å²) in [5, 5.41) is 0.752. The third kappa shape index (κ3) is 4.63. The van der Waals surface area contributed by atoms with Crippen molar-refractivity contribution in [2.24, 2.45) is 0 Å². The highest BCUT2D eigenvalue weighted by Crippen LogP contribution is 2.34. The van der Waals surface area contributed by atoms with Gasteiger partial charge in [0.1, 0.15) is 5.60 Å². The van der Waals surface area contributed by atoms with E-state index in [0.717, 1.165) is 23.6 Å². The summed E-state index contributed by atoms with van der Waals surface area (Å²) in [5.74, 6) is 0. The Hall–Kier alpha value is -1.35. The summed E-state index contributed by atoms with van der Waals surface area (Å²) in [6.07, 6.45) is 3.66. The topological polar surface area (TPSA) is 12.5 Å². The van der Waals surface area contributed by atoms with Crippen LogP contribution < -0.4 is 0 Å². The van der Waals surface area contributed by atoms with Crippen molar-refractivity contribution in [2.45, 2.75) is 45.3 Å². The monoisotopic (exact) mass is 359 g/mol. The third-order valence-electron chi connectivity index (χ3n) is 5.23. The number of rotatable bonds is 6. The number of nitrogens with zero attached hydrogens (tertiary/aromatic N) is 1.